The lowest BCUT2D eigenvalue weighted by atomic mass is 9.80. The van der Waals surface area contributed by atoms with Gasteiger partial charge in [0, 0.05) is 43.0 Å². The molecule has 0 saturated heterocycles. The lowest BCUT2D eigenvalue weighted by Gasteiger charge is -2.28. The number of fused-ring (bicyclic) bond motifs is 9. The molecule has 2 heterocycles. The first-order valence-corrected chi connectivity index (χ1v) is 22.0. The molecule has 8 rings (SSSR count). The second kappa shape index (κ2) is 20.1. The molecule has 3 N–H and O–H groups in total. The Balaban J connectivity index is 1.08. The number of ether oxygens (including phenoxy) is 3. The number of aryl methyl sites for hydroxylation is 2. The van der Waals surface area contributed by atoms with Gasteiger partial charge in [-0.1, -0.05) is 81.7 Å². The Labute approximate surface area is 356 Å². The van der Waals surface area contributed by atoms with Crippen molar-refractivity contribution in [1.29, 1.82) is 0 Å². The molecule has 60 heavy (non-hydrogen) atoms. The monoisotopic (exact) mass is 807 g/mol. The summed E-state index contributed by atoms with van der Waals surface area (Å²) in [7, 11) is 1.63. The number of anilines is 1. The smallest absolute Gasteiger partial charge is 0.161 e. The van der Waals surface area contributed by atoms with E-state index in [0.717, 1.165) is 76.7 Å². The van der Waals surface area contributed by atoms with Gasteiger partial charge in [-0.3, -0.25) is 4.79 Å². The van der Waals surface area contributed by atoms with E-state index in [1.165, 1.54) is 24.1 Å². The number of ketones is 1. The van der Waals surface area contributed by atoms with E-state index >= 15 is 0 Å². The van der Waals surface area contributed by atoms with Crippen LogP contribution >= 0.6 is 0 Å². The van der Waals surface area contributed by atoms with Crippen molar-refractivity contribution in [3.63, 3.8) is 0 Å². The van der Waals surface area contributed by atoms with E-state index in [0.29, 0.717) is 37.4 Å². The van der Waals surface area contributed by atoms with Gasteiger partial charge in [0.15, 0.2) is 11.5 Å². The Morgan fingerprint density at radius 3 is 2.70 bits per heavy atom. The van der Waals surface area contributed by atoms with Crippen LogP contribution in [0.2, 0.25) is 0 Å². The van der Waals surface area contributed by atoms with Crippen LogP contribution in [0.1, 0.15) is 111 Å². The fraction of sp³-hybridized carbons (Fsp3) is 0.415. The number of methoxy groups -OCH3 is 1. The molecule has 7 heteroatoms. The molecule has 0 spiro atoms. The fourth-order valence-corrected chi connectivity index (χ4v) is 8.99. The third-order valence-corrected chi connectivity index (χ3v) is 12.4. The van der Waals surface area contributed by atoms with Crippen molar-refractivity contribution in [3.05, 3.63) is 124 Å². The fourth-order valence-electron chi connectivity index (χ4n) is 8.99. The average molecular weight is 808 g/mol. The highest BCUT2D eigenvalue weighted by molar-refractivity contribution is 6.00. The molecule has 0 saturated carbocycles. The Bertz CT molecular complexity index is 2310. The maximum Gasteiger partial charge on any atom is 0.161 e. The quantitative estimate of drug-likeness (QED) is 0.0914. The number of rotatable bonds is 13. The second-order valence-corrected chi connectivity index (χ2v) is 17.3. The summed E-state index contributed by atoms with van der Waals surface area (Å²) in [5.74, 6) is 6.04. The average Bonchev–Trinajstić information content (AvgIpc) is 3.23. The number of nitrogens with one attached hydrogen (secondary N) is 1. The van der Waals surface area contributed by atoms with E-state index in [-0.39, 0.29) is 47.9 Å². The molecule has 4 atom stereocenters. The van der Waals surface area contributed by atoms with Crippen molar-refractivity contribution in [2.24, 2.45) is 17.8 Å². The molecule has 2 aliphatic carbocycles. The number of aliphatic hydroxyl groups excluding tert-OH is 1. The van der Waals surface area contributed by atoms with Crippen LogP contribution in [0, 0.1) is 29.8 Å². The largest absolute Gasteiger partial charge is 0.508 e. The van der Waals surface area contributed by atoms with Crippen molar-refractivity contribution in [2.75, 3.05) is 19.0 Å². The summed E-state index contributed by atoms with van der Waals surface area (Å²) in [6.07, 6.45) is 21.0. The molecule has 6 bridgehead atoms. The van der Waals surface area contributed by atoms with Crippen LogP contribution in [0.25, 0.3) is 16.8 Å². The zero-order valence-corrected chi connectivity index (χ0v) is 35.8. The number of aliphatic hydroxyl groups is 1. The van der Waals surface area contributed by atoms with Gasteiger partial charge < -0.3 is 29.7 Å². The molecule has 7 nitrogen and oxygen atoms in total. The molecular weight excluding hydrogens is 747 g/mol. The van der Waals surface area contributed by atoms with E-state index in [1.807, 2.05) is 30.3 Å². The van der Waals surface area contributed by atoms with Crippen molar-refractivity contribution in [1.82, 2.24) is 0 Å². The maximum absolute atomic E-state index is 13.7. The lowest BCUT2D eigenvalue weighted by molar-refractivity contribution is -0.121. The number of benzene rings is 4. The minimum atomic E-state index is -0.473. The van der Waals surface area contributed by atoms with Crippen LogP contribution in [0.15, 0.2) is 90.7 Å². The normalized spacial score (nSPS) is 20.1. The van der Waals surface area contributed by atoms with Gasteiger partial charge in [0.1, 0.15) is 36.1 Å². The highest BCUT2D eigenvalue weighted by Crippen LogP contribution is 2.42. The number of Topliss-reactive ketones (excluding diaryl/α,β-unsaturated/α-hetero) is 1. The lowest BCUT2D eigenvalue weighted by Crippen LogP contribution is -2.24. The third-order valence-electron chi connectivity index (χ3n) is 12.4. The van der Waals surface area contributed by atoms with Gasteiger partial charge in [-0.25, -0.2) is 0 Å². The van der Waals surface area contributed by atoms with Crippen molar-refractivity contribution in [3.8, 4) is 29.3 Å². The predicted molar refractivity (Wildman–Crippen MR) is 243 cm³/mol. The van der Waals surface area contributed by atoms with Crippen LogP contribution in [0.3, 0.4) is 0 Å². The molecule has 314 valence electrons. The number of phenols is 1. The topological polar surface area (TPSA) is 97.2 Å². The summed E-state index contributed by atoms with van der Waals surface area (Å²) in [4.78, 5) is 13.7. The van der Waals surface area contributed by atoms with Gasteiger partial charge in [-0.15, -0.1) is 0 Å². The van der Waals surface area contributed by atoms with Crippen LogP contribution < -0.4 is 14.8 Å². The van der Waals surface area contributed by atoms with Gasteiger partial charge in [0.2, 0.25) is 0 Å². The number of carbonyl (C=O) groups is 1. The molecule has 2 aliphatic heterocycles. The summed E-state index contributed by atoms with van der Waals surface area (Å²) < 4.78 is 18.4. The minimum Gasteiger partial charge on any atom is -0.508 e. The Kier molecular flexibility index (Phi) is 14.2. The Morgan fingerprint density at radius 2 is 1.85 bits per heavy atom. The first-order chi connectivity index (χ1) is 29.1. The van der Waals surface area contributed by atoms with Crippen LogP contribution in [-0.2, 0) is 35.4 Å². The van der Waals surface area contributed by atoms with Crippen LogP contribution in [0.5, 0.6) is 17.2 Å². The van der Waals surface area contributed by atoms with Crippen LogP contribution in [-0.4, -0.2) is 35.8 Å². The summed E-state index contributed by atoms with van der Waals surface area (Å²) in [5.41, 5.74) is 7.43. The SMILES string of the molecule is COc1ccc2cc1OCc1ccc3c(c(O)cc4c3c1C=C[C@H]4C)CC#CO[C@@H](C[C@@H]1C=C(O)C=C[C@H]1CCCCc1cccc(NCCCC(C)C)c1)CC(=O)CC2. The molecule has 0 fully saturated rings. The molecule has 0 amide bonds. The zero-order valence-electron chi connectivity index (χ0n) is 35.8. The number of carbonyl (C=O) groups excluding carboxylic acids is 1. The van der Waals surface area contributed by atoms with Gasteiger partial charge >= 0.3 is 0 Å². The van der Waals surface area contributed by atoms with E-state index in [4.69, 9.17) is 14.2 Å². The standard InChI is InChI=1S/C53H61NO6/c1-35(2)10-8-26-54-42-14-7-12-37(28-42)11-5-6-13-39-19-22-43(55)30-41(39)31-45-32-44(56)21-17-38-18-25-51(58-4)52(29-38)60-34-40-20-24-48-47(15-9-27-59-45)50(57)33-49-36(3)16-23-46(40)53(48)49/h7,12,14,16,18-20,22-25,28-30,33,35-36,39,41,45,54-55,57H,5-6,8,10-11,13,15,17,21,26,31-32,34H2,1-4H3/t36-,39-,41+,45+/m1/s1. The van der Waals surface area contributed by atoms with Gasteiger partial charge in [-0.2, -0.15) is 0 Å². The first kappa shape index (κ1) is 42.5. The zero-order chi connectivity index (χ0) is 42.0. The van der Waals surface area contributed by atoms with E-state index < -0.39 is 6.10 Å². The molecule has 4 aromatic rings. The minimum absolute atomic E-state index is 0.00962. The number of hydrogen-bond acceptors (Lipinski definition) is 7. The maximum atomic E-state index is 13.7. The number of allylic oxidation sites excluding steroid dienone is 4. The van der Waals surface area contributed by atoms with E-state index in [1.54, 1.807) is 13.2 Å². The number of hydrogen-bond donors (Lipinski definition) is 3. The first-order valence-electron chi connectivity index (χ1n) is 22.0. The number of unbranched alkanes of at least 4 members (excludes halogenated alkanes) is 1. The molecule has 4 aromatic carbocycles. The molecule has 0 aromatic heterocycles. The highest BCUT2D eigenvalue weighted by atomic mass is 16.5. The summed E-state index contributed by atoms with van der Waals surface area (Å²) in [6, 6.07) is 20.6. The summed E-state index contributed by atoms with van der Waals surface area (Å²) >= 11 is 0. The van der Waals surface area contributed by atoms with Crippen molar-refractivity contribution in [2.45, 2.75) is 110 Å². The second-order valence-electron chi connectivity index (χ2n) is 17.3. The Hall–Kier alpha value is -5.61. The van der Waals surface area contributed by atoms with E-state index in [9.17, 15) is 15.0 Å². The van der Waals surface area contributed by atoms with Crippen molar-refractivity contribution >= 4 is 28.3 Å². The summed E-state index contributed by atoms with van der Waals surface area (Å²) in [6.45, 7) is 8.00. The molecule has 4 aliphatic rings. The van der Waals surface area contributed by atoms with Crippen molar-refractivity contribution < 1.29 is 29.2 Å². The third kappa shape index (κ3) is 10.8. The van der Waals surface area contributed by atoms with Gasteiger partial charge in [-0.05, 0) is 144 Å². The number of aromatic hydroxyl groups is 1. The molecule has 0 radical (unpaired) electrons. The van der Waals surface area contributed by atoms with Gasteiger partial charge in [0.25, 0.3) is 0 Å². The molecule has 0 unspecified atom stereocenters. The number of phenolic OH excluding ortho intramolecular Hbond substituents is 1. The Morgan fingerprint density at radius 1 is 0.967 bits per heavy atom. The van der Waals surface area contributed by atoms with Gasteiger partial charge in [0.05, 0.1) is 7.11 Å². The summed E-state index contributed by atoms with van der Waals surface area (Å²) in [5, 5.41) is 27.6. The molecular formula is C53H61NO6. The highest BCUT2D eigenvalue weighted by Gasteiger charge is 2.27. The van der Waals surface area contributed by atoms with E-state index in [2.05, 4.69) is 92.7 Å². The van der Waals surface area contributed by atoms with Crippen LogP contribution in [0.4, 0.5) is 5.69 Å². The predicted octanol–water partition coefficient (Wildman–Crippen LogP) is 12.0.